The summed E-state index contributed by atoms with van der Waals surface area (Å²) in [6.45, 7) is 0.0355. The summed E-state index contributed by atoms with van der Waals surface area (Å²) in [7, 11) is 1.46. The molecule has 0 aliphatic heterocycles. The highest BCUT2D eigenvalue weighted by Gasteiger charge is 2.29. The Labute approximate surface area is 116 Å². The number of hydrogen-bond acceptors (Lipinski definition) is 4. The highest BCUT2D eigenvalue weighted by molar-refractivity contribution is 5.98. The first-order chi connectivity index (χ1) is 9.51. The van der Waals surface area contributed by atoms with Gasteiger partial charge < -0.3 is 19.8 Å². The largest absolute Gasteiger partial charge is 0.507 e. The number of hydrogen-bond donors (Lipinski definition) is 2. The van der Waals surface area contributed by atoms with Crippen LogP contribution in [0.2, 0.25) is 0 Å². The Morgan fingerprint density at radius 3 is 2.65 bits per heavy atom. The lowest BCUT2D eigenvalue weighted by Gasteiger charge is -2.21. The average molecular weight is 279 g/mol. The number of carboxylic acids is 1. The molecule has 0 saturated heterocycles. The average Bonchev–Trinajstić information content (AvgIpc) is 3.21. The summed E-state index contributed by atoms with van der Waals surface area (Å²) in [5.41, 5.74) is 0.0613. The molecule has 0 heterocycles. The Morgan fingerprint density at radius 1 is 1.40 bits per heavy atom. The van der Waals surface area contributed by atoms with Crippen LogP contribution in [0.1, 0.15) is 23.2 Å². The molecule has 1 aromatic rings. The summed E-state index contributed by atoms with van der Waals surface area (Å²) in [6, 6.07) is 4.32. The molecule has 20 heavy (non-hydrogen) atoms. The SMILES string of the molecule is COc1ccc(O)c(C(=O)N(CC(=O)O)CC2CC2)c1. The Balaban J connectivity index is 2.22. The van der Waals surface area contributed by atoms with Crippen LogP contribution in [0.15, 0.2) is 18.2 Å². The number of nitrogens with zero attached hydrogens (tertiary/aromatic N) is 1. The standard InChI is InChI=1S/C14H17NO5/c1-20-10-4-5-12(16)11(6-10)14(19)15(8-13(17)18)7-9-2-3-9/h4-6,9,16H,2-3,7-8H2,1H3,(H,17,18). The fraction of sp³-hybridized carbons (Fsp3) is 0.429. The molecule has 2 N–H and O–H groups in total. The Bertz CT molecular complexity index is 524. The summed E-state index contributed by atoms with van der Waals surface area (Å²) in [4.78, 5) is 24.5. The van der Waals surface area contributed by atoms with Crippen molar-refractivity contribution < 1.29 is 24.5 Å². The van der Waals surface area contributed by atoms with E-state index >= 15 is 0 Å². The van der Waals surface area contributed by atoms with Gasteiger partial charge in [-0.2, -0.15) is 0 Å². The summed E-state index contributed by atoms with van der Waals surface area (Å²) >= 11 is 0. The zero-order valence-corrected chi connectivity index (χ0v) is 11.2. The quantitative estimate of drug-likeness (QED) is 0.820. The first-order valence-electron chi connectivity index (χ1n) is 6.39. The van der Waals surface area contributed by atoms with Crippen LogP contribution in [0.3, 0.4) is 0 Å². The number of phenolic OH excluding ortho intramolecular Hbond substituents is 1. The maximum absolute atomic E-state index is 12.4. The number of rotatable bonds is 6. The van der Waals surface area contributed by atoms with Crippen molar-refractivity contribution in [2.75, 3.05) is 20.2 Å². The van der Waals surface area contributed by atoms with Crippen molar-refractivity contribution in [2.45, 2.75) is 12.8 Å². The van der Waals surface area contributed by atoms with Gasteiger partial charge in [-0.15, -0.1) is 0 Å². The minimum Gasteiger partial charge on any atom is -0.507 e. The number of methoxy groups -OCH3 is 1. The number of amides is 1. The third kappa shape index (κ3) is 3.40. The maximum Gasteiger partial charge on any atom is 0.323 e. The van der Waals surface area contributed by atoms with E-state index in [0.29, 0.717) is 18.2 Å². The van der Waals surface area contributed by atoms with Gasteiger partial charge in [0.15, 0.2) is 0 Å². The Hall–Kier alpha value is -2.24. The molecule has 0 radical (unpaired) electrons. The van der Waals surface area contributed by atoms with Crippen molar-refractivity contribution in [3.05, 3.63) is 23.8 Å². The van der Waals surface area contributed by atoms with Gasteiger partial charge in [-0.3, -0.25) is 9.59 Å². The van der Waals surface area contributed by atoms with Crippen molar-refractivity contribution in [1.82, 2.24) is 4.90 Å². The number of aromatic hydroxyl groups is 1. The second-order valence-corrected chi connectivity index (χ2v) is 4.91. The highest BCUT2D eigenvalue weighted by atomic mass is 16.5. The molecule has 0 aromatic heterocycles. The molecule has 6 nitrogen and oxygen atoms in total. The monoisotopic (exact) mass is 279 g/mol. The Morgan fingerprint density at radius 2 is 2.10 bits per heavy atom. The van der Waals surface area contributed by atoms with Crippen LogP contribution in [0.4, 0.5) is 0 Å². The van der Waals surface area contributed by atoms with Gasteiger partial charge in [-0.25, -0.2) is 0 Å². The molecule has 6 heteroatoms. The first-order valence-corrected chi connectivity index (χ1v) is 6.39. The zero-order valence-electron chi connectivity index (χ0n) is 11.2. The Kier molecular flexibility index (Phi) is 4.12. The smallest absolute Gasteiger partial charge is 0.323 e. The van der Waals surface area contributed by atoms with E-state index < -0.39 is 11.9 Å². The molecule has 108 valence electrons. The van der Waals surface area contributed by atoms with Gasteiger partial charge in [0, 0.05) is 6.54 Å². The lowest BCUT2D eigenvalue weighted by molar-refractivity contribution is -0.137. The number of phenols is 1. The van der Waals surface area contributed by atoms with Gasteiger partial charge >= 0.3 is 5.97 Å². The number of carboxylic acid groups (broad SMARTS) is 1. The number of carbonyl (C=O) groups excluding carboxylic acids is 1. The van der Waals surface area contributed by atoms with Crippen LogP contribution in [0, 0.1) is 5.92 Å². The van der Waals surface area contributed by atoms with Gasteiger partial charge in [0.05, 0.1) is 12.7 Å². The first kappa shape index (κ1) is 14.2. The summed E-state index contributed by atoms with van der Waals surface area (Å²) in [5, 5.41) is 18.7. The van der Waals surface area contributed by atoms with Crippen molar-refractivity contribution >= 4 is 11.9 Å². The van der Waals surface area contributed by atoms with Crippen molar-refractivity contribution in [2.24, 2.45) is 5.92 Å². The summed E-state index contributed by atoms with van der Waals surface area (Å²) in [6.07, 6.45) is 2.01. The molecule has 1 amide bonds. The second-order valence-electron chi connectivity index (χ2n) is 4.91. The van der Waals surface area contributed by atoms with E-state index in [1.165, 1.54) is 30.2 Å². The van der Waals surface area contributed by atoms with Crippen LogP contribution in [0.25, 0.3) is 0 Å². The van der Waals surface area contributed by atoms with E-state index in [4.69, 9.17) is 9.84 Å². The predicted molar refractivity (Wildman–Crippen MR) is 70.9 cm³/mol. The van der Waals surface area contributed by atoms with Crippen LogP contribution in [-0.4, -0.2) is 47.2 Å². The van der Waals surface area contributed by atoms with E-state index in [1.807, 2.05) is 0 Å². The molecule has 0 atom stereocenters. The van der Waals surface area contributed by atoms with Gasteiger partial charge in [0.1, 0.15) is 18.0 Å². The third-order valence-electron chi connectivity index (χ3n) is 3.22. The summed E-state index contributed by atoms with van der Waals surface area (Å²) < 4.78 is 5.02. The molecule has 0 bridgehead atoms. The van der Waals surface area contributed by atoms with E-state index in [0.717, 1.165) is 12.8 Å². The fourth-order valence-corrected chi connectivity index (χ4v) is 1.98. The van der Waals surface area contributed by atoms with E-state index in [-0.39, 0.29) is 17.9 Å². The van der Waals surface area contributed by atoms with Crippen LogP contribution in [-0.2, 0) is 4.79 Å². The van der Waals surface area contributed by atoms with Crippen molar-refractivity contribution in [3.63, 3.8) is 0 Å². The zero-order chi connectivity index (χ0) is 14.7. The van der Waals surface area contributed by atoms with E-state index in [9.17, 15) is 14.7 Å². The van der Waals surface area contributed by atoms with Gasteiger partial charge in [-0.05, 0) is 37.0 Å². The lowest BCUT2D eigenvalue weighted by Crippen LogP contribution is -2.37. The van der Waals surface area contributed by atoms with Crippen LogP contribution in [0.5, 0.6) is 11.5 Å². The van der Waals surface area contributed by atoms with Crippen LogP contribution < -0.4 is 4.74 Å². The van der Waals surface area contributed by atoms with E-state index in [2.05, 4.69) is 0 Å². The van der Waals surface area contributed by atoms with Crippen molar-refractivity contribution in [1.29, 1.82) is 0 Å². The maximum atomic E-state index is 12.4. The number of ether oxygens (including phenoxy) is 1. The topological polar surface area (TPSA) is 87.1 Å². The van der Waals surface area contributed by atoms with Crippen LogP contribution >= 0.6 is 0 Å². The normalized spacial score (nSPS) is 13.8. The molecular formula is C14H17NO5. The molecule has 0 unspecified atom stereocenters. The molecule has 1 fully saturated rings. The third-order valence-corrected chi connectivity index (χ3v) is 3.22. The van der Waals surface area contributed by atoms with Gasteiger partial charge in [0.25, 0.3) is 5.91 Å². The molecule has 1 aliphatic carbocycles. The van der Waals surface area contributed by atoms with Crippen molar-refractivity contribution in [3.8, 4) is 11.5 Å². The van der Waals surface area contributed by atoms with Gasteiger partial charge in [0.2, 0.25) is 0 Å². The van der Waals surface area contributed by atoms with E-state index in [1.54, 1.807) is 0 Å². The fourth-order valence-electron chi connectivity index (χ4n) is 1.98. The predicted octanol–water partition coefficient (Wildman–Crippen LogP) is 1.34. The van der Waals surface area contributed by atoms with Gasteiger partial charge in [-0.1, -0.05) is 0 Å². The minimum atomic E-state index is -1.07. The second kappa shape index (κ2) is 5.81. The molecule has 1 aromatic carbocycles. The molecule has 1 aliphatic rings. The number of benzene rings is 1. The lowest BCUT2D eigenvalue weighted by atomic mass is 10.1. The molecule has 2 rings (SSSR count). The molecule has 1 saturated carbocycles. The highest BCUT2D eigenvalue weighted by Crippen LogP contribution is 2.31. The summed E-state index contributed by atoms with van der Waals surface area (Å²) in [5.74, 6) is -0.932. The molecule has 0 spiro atoms. The molecular weight excluding hydrogens is 262 g/mol. The number of aliphatic carboxylic acids is 1. The number of carbonyl (C=O) groups is 2. The minimum absolute atomic E-state index is 0.0613.